The molecule has 0 radical (unpaired) electrons. The summed E-state index contributed by atoms with van der Waals surface area (Å²) in [5.41, 5.74) is 0.833. The van der Waals surface area contributed by atoms with Crippen molar-refractivity contribution in [2.24, 2.45) is 0 Å². The molecule has 0 aliphatic carbocycles. The molecule has 16 heavy (non-hydrogen) atoms. The van der Waals surface area contributed by atoms with Gasteiger partial charge in [-0.2, -0.15) is 0 Å². The fourth-order valence-electron chi connectivity index (χ4n) is 1.59. The Balaban J connectivity index is 2.82. The van der Waals surface area contributed by atoms with E-state index in [1.54, 1.807) is 7.11 Å². The third-order valence-corrected chi connectivity index (χ3v) is 2.43. The molecule has 1 N–H and O–H groups in total. The van der Waals surface area contributed by atoms with Crippen molar-refractivity contribution >= 4 is 0 Å². The smallest absolute Gasteiger partial charge is 0.161 e. The van der Waals surface area contributed by atoms with E-state index in [0.29, 0.717) is 11.5 Å². The van der Waals surface area contributed by atoms with Crippen LogP contribution in [0.2, 0.25) is 0 Å². The van der Waals surface area contributed by atoms with Crippen LogP contribution in [-0.4, -0.2) is 18.3 Å². The Morgan fingerprint density at radius 1 is 1.31 bits per heavy atom. The summed E-state index contributed by atoms with van der Waals surface area (Å²) in [6.45, 7) is 4.18. The average Bonchev–Trinajstić information content (AvgIpc) is 2.29. The molecule has 1 rings (SSSR count). The molecule has 1 unspecified atom stereocenters. The van der Waals surface area contributed by atoms with Gasteiger partial charge in [0.25, 0.3) is 0 Å². The predicted octanol–water partition coefficient (Wildman–Crippen LogP) is 2.75. The molecule has 0 amide bonds. The number of ether oxygens (including phenoxy) is 2. The molecule has 90 valence electrons. The van der Waals surface area contributed by atoms with Gasteiger partial charge >= 0.3 is 0 Å². The number of aliphatic hydroxyl groups is 1. The molecule has 0 heterocycles. The summed E-state index contributed by atoms with van der Waals surface area (Å²) in [6.07, 6.45) is 2.25. The summed E-state index contributed by atoms with van der Waals surface area (Å²) < 4.78 is 11.0. The van der Waals surface area contributed by atoms with E-state index in [0.717, 1.165) is 18.4 Å². The summed E-state index contributed by atoms with van der Waals surface area (Å²) in [6, 6.07) is 5.47. The molecule has 3 heteroatoms. The van der Waals surface area contributed by atoms with Crippen molar-refractivity contribution < 1.29 is 14.6 Å². The highest BCUT2D eigenvalue weighted by molar-refractivity contribution is 5.42. The zero-order valence-electron chi connectivity index (χ0n) is 10.2. The van der Waals surface area contributed by atoms with E-state index in [2.05, 4.69) is 6.92 Å². The van der Waals surface area contributed by atoms with Crippen molar-refractivity contribution in [2.45, 2.75) is 39.4 Å². The Labute approximate surface area is 97.0 Å². The van der Waals surface area contributed by atoms with E-state index in [1.165, 1.54) is 0 Å². The number of benzene rings is 1. The second kappa shape index (κ2) is 6.38. The van der Waals surface area contributed by atoms with E-state index in [9.17, 15) is 0 Å². The average molecular weight is 224 g/mol. The lowest BCUT2D eigenvalue weighted by Crippen LogP contribution is -2.11. The third-order valence-electron chi connectivity index (χ3n) is 2.43. The van der Waals surface area contributed by atoms with Gasteiger partial charge in [-0.3, -0.25) is 0 Å². The summed E-state index contributed by atoms with van der Waals surface area (Å²) >= 11 is 0. The summed E-state index contributed by atoms with van der Waals surface area (Å²) in [7, 11) is 1.62. The van der Waals surface area contributed by atoms with Crippen LogP contribution in [-0.2, 0) is 6.61 Å². The normalized spacial score (nSPS) is 12.2. The van der Waals surface area contributed by atoms with Crippen LogP contribution in [0, 0.1) is 0 Å². The highest BCUT2D eigenvalue weighted by Gasteiger charge is 2.09. The van der Waals surface area contributed by atoms with Crippen LogP contribution in [0.4, 0.5) is 0 Å². The first-order valence-electron chi connectivity index (χ1n) is 5.65. The molecule has 3 nitrogen and oxygen atoms in total. The van der Waals surface area contributed by atoms with Crippen LogP contribution in [0.25, 0.3) is 0 Å². The van der Waals surface area contributed by atoms with Crippen LogP contribution in [0.1, 0.15) is 32.3 Å². The lowest BCUT2D eigenvalue weighted by molar-refractivity contribution is 0.199. The van der Waals surface area contributed by atoms with E-state index in [-0.39, 0.29) is 12.7 Å². The van der Waals surface area contributed by atoms with Crippen LogP contribution >= 0.6 is 0 Å². The second-order valence-electron chi connectivity index (χ2n) is 3.86. The zero-order valence-corrected chi connectivity index (χ0v) is 10.2. The van der Waals surface area contributed by atoms with Crippen molar-refractivity contribution in [1.82, 2.24) is 0 Å². The maximum atomic E-state index is 9.07. The standard InChI is InChI=1S/C13H20O3/c1-4-5-10(2)16-13-8-11(9-14)6-7-12(13)15-3/h6-8,10,14H,4-5,9H2,1-3H3. The van der Waals surface area contributed by atoms with Gasteiger partial charge in [-0.15, -0.1) is 0 Å². The van der Waals surface area contributed by atoms with Gasteiger partial charge < -0.3 is 14.6 Å². The molecule has 0 saturated heterocycles. The van der Waals surface area contributed by atoms with Crippen LogP contribution in [0.15, 0.2) is 18.2 Å². The largest absolute Gasteiger partial charge is 0.493 e. The summed E-state index contributed by atoms with van der Waals surface area (Å²) in [5.74, 6) is 1.41. The van der Waals surface area contributed by atoms with Crippen molar-refractivity contribution in [3.63, 3.8) is 0 Å². The molecular formula is C13H20O3. The fourth-order valence-corrected chi connectivity index (χ4v) is 1.59. The Morgan fingerprint density at radius 3 is 2.62 bits per heavy atom. The molecule has 0 aliphatic heterocycles. The Hall–Kier alpha value is -1.22. The molecule has 0 aliphatic rings. The second-order valence-corrected chi connectivity index (χ2v) is 3.86. The van der Waals surface area contributed by atoms with Gasteiger partial charge in [0.05, 0.1) is 19.8 Å². The molecule has 1 atom stereocenters. The minimum absolute atomic E-state index is 0.0164. The molecule has 1 aromatic carbocycles. The Kier molecular flexibility index (Phi) is 5.12. The van der Waals surface area contributed by atoms with Gasteiger partial charge in [-0.05, 0) is 31.0 Å². The highest BCUT2D eigenvalue weighted by Crippen LogP contribution is 2.29. The minimum Gasteiger partial charge on any atom is -0.493 e. The first-order chi connectivity index (χ1) is 7.71. The molecule has 0 fully saturated rings. The van der Waals surface area contributed by atoms with Crippen LogP contribution in [0.3, 0.4) is 0 Å². The number of aliphatic hydroxyl groups excluding tert-OH is 1. The van der Waals surface area contributed by atoms with E-state index in [1.807, 2.05) is 25.1 Å². The number of hydrogen-bond donors (Lipinski definition) is 1. The van der Waals surface area contributed by atoms with Gasteiger partial charge in [-0.1, -0.05) is 19.4 Å². The molecule has 0 bridgehead atoms. The number of rotatable bonds is 6. The quantitative estimate of drug-likeness (QED) is 0.807. The van der Waals surface area contributed by atoms with Gasteiger partial charge in [-0.25, -0.2) is 0 Å². The van der Waals surface area contributed by atoms with Gasteiger partial charge in [0.15, 0.2) is 11.5 Å². The fraction of sp³-hybridized carbons (Fsp3) is 0.538. The Bertz CT molecular complexity index is 323. The lowest BCUT2D eigenvalue weighted by atomic mass is 10.2. The van der Waals surface area contributed by atoms with Gasteiger partial charge in [0.2, 0.25) is 0 Å². The minimum atomic E-state index is 0.0164. The SMILES string of the molecule is CCCC(C)Oc1cc(CO)ccc1OC. The van der Waals surface area contributed by atoms with Gasteiger partial charge in [0, 0.05) is 0 Å². The Morgan fingerprint density at radius 2 is 2.06 bits per heavy atom. The van der Waals surface area contributed by atoms with Crippen molar-refractivity contribution in [2.75, 3.05) is 7.11 Å². The maximum Gasteiger partial charge on any atom is 0.161 e. The number of methoxy groups -OCH3 is 1. The molecule has 1 aromatic rings. The van der Waals surface area contributed by atoms with Gasteiger partial charge in [0.1, 0.15) is 0 Å². The zero-order chi connectivity index (χ0) is 12.0. The summed E-state index contributed by atoms with van der Waals surface area (Å²) in [5, 5.41) is 9.07. The topological polar surface area (TPSA) is 38.7 Å². The van der Waals surface area contributed by atoms with Crippen LogP contribution < -0.4 is 9.47 Å². The molecular weight excluding hydrogens is 204 g/mol. The van der Waals surface area contributed by atoms with E-state index >= 15 is 0 Å². The first kappa shape index (κ1) is 12.8. The van der Waals surface area contributed by atoms with Crippen LogP contribution in [0.5, 0.6) is 11.5 Å². The maximum absolute atomic E-state index is 9.07. The summed E-state index contributed by atoms with van der Waals surface area (Å²) in [4.78, 5) is 0. The highest BCUT2D eigenvalue weighted by atomic mass is 16.5. The van der Waals surface area contributed by atoms with Crippen molar-refractivity contribution in [1.29, 1.82) is 0 Å². The van der Waals surface area contributed by atoms with Crippen molar-refractivity contribution in [3.05, 3.63) is 23.8 Å². The van der Waals surface area contributed by atoms with Crippen molar-refractivity contribution in [3.8, 4) is 11.5 Å². The first-order valence-corrected chi connectivity index (χ1v) is 5.65. The van der Waals surface area contributed by atoms with E-state index < -0.39 is 0 Å². The number of hydrogen-bond acceptors (Lipinski definition) is 3. The molecule has 0 saturated carbocycles. The predicted molar refractivity (Wildman–Crippen MR) is 63.9 cm³/mol. The van der Waals surface area contributed by atoms with E-state index in [4.69, 9.17) is 14.6 Å². The monoisotopic (exact) mass is 224 g/mol. The molecule has 0 spiro atoms. The molecule has 0 aromatic heterocycles. The lowest BCUT2D eigenvalue weighted by Gasteiger charge is -2.16. The third kappa shape index (κ3) is 3.42.